The number of nitrogens with zero attached hydrogens (tertiary/aromatic N) is 2. The molecule has 5 heteroatoms. The molecular formula is C29H35N3O2. The zero-order chi connectivity index (χ0) is 24.8. The van der Waals surface area contributed by atoms with Gasteiger partial charge in [-0.15, -0.1) is 0 Å². The van der Waals surface area contributed by atoms with Crippen LogP contribution < -0.4 is 10.2 Å². The van der Waals surface area contributed by atoms with Crippen LogP contribution in [0.1, 0.15) is 53.9 Å². The van der Waals surface area contributed by atoms with Gasteiger partial charge < -0.3 is 15.1 Å². The van der Waals surface area contributed by atoms with Gasteiger partial charge in [-0.3, -0.25) is 9.59 Å². The Balaban J connectivity index is 2.04. The van der Waals surface area contributed by atoms with Crippen molar-refractivity contribution in [1.29, 1.82) is 0 Å². The highest BCUT2D eigenvalue weighted by Crippen LogP contribution is 2.30. The molecule has 0 fully saturated rings. The van der Waals surface area contributed by atoms with E-state index < -0.39 is 0 Å². The minimum atomic E-state index is -0.141. The first-order valence-electron chi connectivity index (χ1n) is 11.7. The Labute approximate surface area is 203 Å². The number of aryl methyl sites for hydroxylation is 1. The van der Waals surface area contributed by atoms with E-state index >= 15 is 0 Å². The Kier molecular flexibility index (Phi) is 8.11. The number of benzene rings is 3. The summed E-state index contributed by atoms with van der Waals surface area (Å²) in [5.41, 5.74) is 5.48. The van der Waals surface area contributed by atoms with Gasteiger partial charge in [0.15, 0.2) is 0 Å². The lowest BCUT2D eigenvalue weighted by Gasteiger charge is -2.32. The van der Waals surface area contributed by atoms with Crippen molar-refractivity contribution in [3.63, 3.8) is 0 Å². The fourth-order valence-corrected chi connectivity index (χ4v) is 3.94. The molecule has 3 aromatic rings. The van der Waals surface area contributed by atoms with Crippen LogP contribution in [0.4, 0.5) is 11.4 Å². The minimum absolute atomic E-state index is 0.0265. The van der Waals surface area contributed by atoms with E-state index in [1.54, 1.807) is 0 Å². The van der Waals surface area contributed by atoms with Gasteiger partial charge in [-0.2, -0.15) is 0 Å². The van der Waals surface area contributed by atoms with E-state index in [0.29, 0.717) is 12.1 Å². The van der Waals surface area contributed by atoms with Crippen molar-refractivity contribution in [1.82, 2.24) is 4.90 Å². The summed E-state index contributed by atoms with van der Waals surface area (Å²) in [4.78, 5) is 30.0. The van der Waals surface area contributed by atoms with Crippen molar-refractivity contribution in [2.24, 2.45) is 5.92 Å². The number of rotatable bonds is 8. The smallest absolute Gasteiger partial charge is 0.254 e. The van der Waals surface area contributed by atoms with Crippen LogP contribution in [0.15, 0.2) is 72.8 Å². The molecule has 1 N–H and O–H groups in total. The Bertz CT molecular complexity index is 1140. The maximum Gasteiger partial charge on any atom is 0.254 e. The third-order valence-electron chi connectivity index (χ3n) is 5.97. The quantitative estimate of drug-likeness (QED) is 0.447. The molecule has 0 heterocycles. The monoisotopic (exact) mass is 457 g/mol. The van der Waals surface area contributed by atoms with Gasteiger partial charge in [-0.25, -0.2) is 0 Å². The Morgan fingerprint density at radius 3 is 2.21 bits per heavy atom. The van der Waals surface area contributed by atoms with E-state index in [2.05, 4.69) is 12.2 Å². The first-order chi connectivity index (χ1) is 16.2. The maximum atomic E-state index is 13.8. The van der Waals surface area contributed by atoms with Crippen molar-refractivity contribution in [2.45, 2.75) is 40.3 Å². The summed E-state index contributed by atoms with van der Waals surface area (Å²) in [6.07, 6.45) is 0. The highest BCUT2D eigenvalue weighted by atomic mass is 16.2. The van der Waals surface area contributed by atoms with Crippen LogP contribution in [0.25, 0.3) is 0 Å². The zero-order valence-corrected chi connectivity index (χ0v) is 21.0. The molecule has 0 bridgehead atoms. The number of nitrogens with one attached hydrogen (secondary N) is 1. The molecule has 0 aliphatic heterocycles. The van der Waals surface area contributed by atoms with Gasteiger partial charge in [-0.1, -0.05) is 61.9 Å². The topological polar surface area (TPSA) is 52.7 Å². The molecule has 5 nitrogen and oxygen atoms in total. The lowest BCUT2D eigenvalue weighted by atomic mass is 10.0. The van der Waals surface area contributed by atoms with Gasteiger partial charge in [0, 0.05) is 43.5 Å². The zero-order valence-electron chi connectivity index (χ0n) is 21.0. The van der Waals surface area contributed by atoms with Crippen molar-refractivity contribution in [3.05, 3.63) is 95.1 Å². The normalized spacial score (nSPS) is 11.7. The van der Waals surface area contributed by atoms with E-state index in [-0.39, 0.29) is 23.8 Å². The van der Waals surface area contributed by atoms with Crippen LogP contribution in [-0.4, -0.2) is 30.8 Å². The first-order valence-corrected chi connectivity index (χ1v) is 11.7. The molecule has 3 aromatic carbocycles. The first kappa shape index (κ1) is 25.0. The lowest BCUT2D eigenvalue weighted by molar-refractivity contribution is -0.118. The van der Waals surface area contributed by atoms with Gasteiger partial charge in [0.1, 0.15) is 0 Å². The second-order valence-corrected chi connectivity index (χ2v) is 9.27. The molecule has 34 heavy (non-hydrogen) atoms. The molecule has 0 spiro atoms. The fraction of sp³-hybridized carbons (Fsp3) is 0.310. The second-order valence-electron chi connectivity index (χ2n) is 9.27. The van der Waals surface area contributed by atoms with Gasteiger partial charge in [0.05, 0.1) is 6.04 Å². The predicted octanol–water partition coefficient (Wildman–Crippen LogP) is 6.06. The molecular weight excluding hydrogens is 422 g/mol. The SMILES string of the molecule is Cc1cccc(C(=O)N(Cc2cc(NC(=O)C(C)C)ccc2N(C)C)[C@@H](C)c2ccccc2)c1. The van der Waals surface area contributed by atoms with Gasteiger partial charge in [0.2, 0.25) is 5.91 Å². The molecule has 0 radical (unpaired) electrons. The van der Waals surface area contributed by atoms with E-state index in [4.69, 9.17) is 0 Å². The summed E-state index contributed by atoms with van der Waals surface area (Å²) < 4.78 is 0. The van der Waals surface area contributed by atoms with Crippen molar-refractivity contribution >= 4 is 23.2 Å². The third-order valence-corrected chi connectivity index (χ3v) is 5.97. The van der Waals surface area contributed by atoms with Crippen LogP contribution in [-0.2, 0) is 11.3 Å². The Morgan fingerprint density at radius 2 is 1.59 bits per heavy atom. The molecule has 1 atom stereocenters. The van der Waals surface area contributed by atoms with E-state index in [1.807, 2.05) is 117 Å². The highest BCUT2D eigenvalue weighted by molar-refractivity contribution is 5.95. The molecule has 0 saturated carbocycles. The van der Waals surface area contributed by atoms with Crippen LogP contribution in [0.3, 0.4) is 0 Å². The molecule has 0 saturated heterocycles. The van der Waals surface area contributed by atoms with Gasteiger partial charge >= 0.3 is 0 Å². The van der Waals surface area contributed by atoms with Crippen molar-refractivity contribution in [2.75, 3.05) is 24.3 Å². The second kappa shape index (κ2) is 11.0. The molecule has 0 aliphatic rings. The van der Waals surface area contributed by atoms with E-state index in [0.717, 1.165) is 28.1 Å². The summed E-state index contributed by atoms with van der Waals surface area (Å²) >= 11 is 0. The predicted molar refractivity (Wildman–Crippen MR) is 140 cm³/mol. The minimum Gasteiger partial charge on any atom is -0.377 e. The van der Waals surface area contributed by atoms with Crippen LogP contribution in [0, 0.1) is 12.8 Å². The van der Waals surface area contributed by atoms with Crippen LogP contribution in [0.5, 0.6) is 0 Å². The number of hydrogen-bond acceptors (Lipinski definition) is 3. The summed E-state index contributed by atoms with van der Waals surface area (Å²) in [5.74, 6) is -0.176. The van der Waals surface area contributed by atoms with Gasteiger partial charge in [-0.05, 0) is 55.3 Å². The summed E-state index contributed by atoms with van der Waals surface area (Å²) in [7, 11) is 3.97. The van der Waals surface area contributed by atoms with Gasteiger partial charge in [0.25, 0.3) is 5.91 Å². The average molecular weight is 458 g/mol. The number of anilines is 2. The van der Waals surface area contributed by atoms with E-state index in [9.17, 15) is 9.59 Å². The molecule has 2 amide bonds. The molecule has 3 rings (SSSR count). The largest absolute Gasteiger partial charge is 0.377 e. The highest BCUT2D eigenvalue weighted by Gasteiger charge is 2.25. The average Bonchev–Trinajstić information content (AvgIpc) is 2.82. The molecule has 0 unspecified atom stereocenters. The van der Waals surface area contributed by atoms with Crippen molar-refractivity contribution < 1.29 is 9.59 Å². The van der Waals surface area contributed by atoms with Crippen LogP contribution >= 0.6 is 0 Å². The summed E-state index contributed by atoms with van der Waals surface area (Å²) in [6, 6.07) is 23.5. The summed E-state index contributed by atoms with van der Waals surface area (Å²) in [6.45, 7) is 8.19. The van der Waals surface area contributed by atoms with Crippen molar-refractivity contribution in [3.8, 4) is 0 Å². The van der Waals surface area contributed by atoms with E-state index in [1.165, 1.54) is 0 Å². The number of hydrogen-bond donors (Lipinski definition) is 1. The van der Waals surface area contributed by atoms with Crippen LogP contribution in [0.2, 0.25) is 0 Å². The third kappa shape index (κ3) is 6.04. The Hall–Kier alpha value is -3.60. The number of carbonyl (C=O) groups is 2. The Morgan fingerprint density at radius 1 is 0.882 bits per heavy atom. The number of carbonyl (C=O) groups excluding carboxylic acids is 2. The molecule has 0 aliphatic carbocycles. The maximum absolute atomic E-state index is 13.8. The molecule has 178 valence electrons. The molecule has 0 aromatic heterocycles. The fourth-order valence-electron chi connectivity index (χ4n) is 3.94. The number of amides is 2. The standard InChI is InChI=1S/C29H35N3O2/c1-20(2)28(33)30-26-15-16-27(31(5)6)25(18-26)19-32(22(4)23-12-8-7-9-13-23)29(34)24-14-10-11-21(3)17-24/h7-18,20,22H,19H2,1-6H3,(H,30,33)/t22-/m0/s1. The lowest BCUT2D eigenvalue weighted by Crippen LogP contribution is -2.34. The summed E-state index contributed by atoms with van der Waals surface area (Å²) in [5, 5.41) is 2.99.